The van der Waals surface area contributed by atoms with Gasteiger partial charge in [0.25, 0.3) is 0 Å². The van der Waals surface area contributed by atoms with Crippen LogP contribution < -0.4 is 0 Å². The van der Waals surface area contributed by atoms with E-state index in [2.05, 4.69) is 13.0 Å². The minimum atomic E-state index is -1.22. The minimum absolute atomic E-state index is 0.0280. The van der Waals surface area contributed by atoms with E-state index in [1.807, 2.05) is 40.7 Å². The van der Waals surface area contributed by atoms with Gasteiger partial charge in [-0.2, -0.15) is 0 Å². The Balaban J connectivity index is 0.979. The van der Waals surface area contributed by atoms with Crippen molar-refractivity contribution in [2.75, 3.05) is 21.3 Å². The number of rotatable bonds is 13. The number of Topliss-reactive ketones (excluding diaryl/α,β-unsaturated/α-hetero) is 1. The molecule has 0 amide bonds. The Kier molecular flexibility index (Phi) is 14.9. The van der Waals surface area contributed by atoms with Crippen LogP contribution in [0.4, 0.5) is 0 Å². The van der Waals surface area contributed by atoms with Crippen LogP contribution in [-0.2, 0) is 52.2 Å². The Morgan fingerprint density at radius 1 is 0.806 bits per heavy atom. The van der Waals surface area contributed by atoms with E-state index in [-0.39, 0.29) is 47.3 Å². The number of carbonyl (C=O) groups excluding carboxylic acids is 1. The summed E-state index contributed by atoms with van der Waals surface area (Å²) < 4.78 is 62.0. The molecular weight excluding hydrogens is 805 g/mol. The fraction of sp³-hybridized carbons (Fsp3) is 0.894. The predicted molar refractivity (Wildman–Crippen MR) is 224 cm³/mol. The molecule has 0 aromatic rings. The molecule has 3 heterocycles. The van der Waals surface area contributed by atoms with Crippen molar-refractivity contribution in [3.63, 3.8) is 0 Å². The highest BCUT2D eigenvalue weighted by atomic mass is 16.8. The molecule has 354 valence electrons. The zero-order valence-electron chi connectivity index (χ0n) is 38.8. The molecule has 4 N–H and O–H groups in total. The highest BCUT2D eigenvalue weighted by molar-refractivity contribution is 5.80. The van der Waals surface area contributed by atoms with Crippen molar-refractivity contribution in [2.24, 2.45) is 28.6 Å². The summed E-state index contributed by atoms with van der Waals surface area (Å²) in [5.74, 6) is -0.192. The minimum Gasteiger partial charge on any atom is -0.389 e. The molecule has 0 spiro atoms. The second kappa shape index (κ2) is 19.1. The Bertz CT molecular complexity index is 1620. The molecule has 0 bridgehead atoms. The van der Waals surface area contributed by atoms with E-state index in [0.29, 0.717) is 37.7 Å². The van der Waals surface area contributed by atoms with E-state index in [9.17, 15) is 25.2 Å². The summed E-state index contributed by atoms with van der Waals surface area (Å²) >= 11 is 0. The molecular formula is C47H76O15. The summed E-state index contributed by atoms with van der Waals surface area (Å²) in [6.07, 6.45) is -0.435. The van der Waals surface area contributed by atoms with Gasteiger partial charge in [-0.1, -0.05) is 31.6 Å². The van der Waals surface area contributed by atoms with Crippen LogP contribution in [0.25, 0.3) is 0 Å². The molecule has 15 nitrogen and oxygen atoms in total. The Morgan fingerprint density at radius 3 is 2.03 bits per heavy atom. The number of fused-ring (bicyclic) bond motifs is 5. The topological polar surface area (TPSA) is 190 Å². The van der Waals surface area contributed by atoms with Crippen molar-refractivity contribution >= 4 is 5.78 Å². The van der Waals surface area contributed by atoms with E-state index < -0.39 is 91.1 Å². The summed E-state index contributed by atoms with van der Waals surface area (Å²) in [6.45, 7) is 15.2. The maximum atomic E-state index is 13.1. The third-order valence-electron chi connectivity index (χ3n) is 16.8. The highest BCUT2D eigenvalue weighted by Gasteiger charge is 2.71. The van der Waals surface area contributed by atoms with Gasteiger partial charge in [-0.05, 0) is 109 Å². The average Bonchev–Trinajstić information content (AvgIpc) is 3.53. The lowest BCUT2D eigenvalue weighted by atomic mass is 9.45. The van der Waals surface area contributed by atoms with Gasteiger partial charge in [0.2, 0.25) is 0 Å². The molecule has 62 heavy (non-hydrogen) atoms. The number of aliphatic hydroxyl groups is 4. The molecule has 0 aromatic heterocycles. The maximum Gasteiger partial charge on any atom is 0.187 e. The summed E-state index contributed by atoms with van der Waals surface area (Å²) in [6, 6.07) is 0. The Labute approximate surface area is 368 Å². The van der Waals surface area contributed by atoms with Crippen LogP contribution in [0.3, 0.4) is 0 Å². The molecule has 4 aliphatic carbocycles. The average molecular weight is 881 g/mol. The first kappa shape index (κ1) is 48.5. The third-order valence-corrected chi connectivity index (χ3v) is 16.8. The summed E-state index contributed by atoms with van der Waals surface area (Å²) in [4.78, 5) is 13.1. The summed E-state index contributed by atoms with van der Waals surface area (Å²) in [5, 5.41) is 45.3. The van der Waals surface area contributed by atoms with Crippen molar-refractivity contribution in [1.29, 1.82) is 0 Å². The molecule has 7 aliphatic rings. The number of carbonyl (C=O) groups is 1. The van der Waals surface area contributed by atoms with Gasteiger partial charge < -0.3 is 67.8 Å². The Hall–Kier alpha value is -1.41. The number of ether oxygens (including phenoxy) is 10. The zero-order valence-corrected chi connectivity index (χ0v) is 38.8. The van der Waals surface area contributed by atoms with E-state index in [0.717, 1.165) is 25.7 Å². The highest BCUT2D eigenvalue weighted by Crippen LogP contribution is 2.69. The number of allylic oxidation sites excluding steroid dienone is 2. The fourth-order valence-electron chi connectivity index (χ4n) is 12.9. The lowest BCUT2D eigenvalue weighted by Gasteiger charge is -2.63. The van der Waals surface area contributed by atoms with Crippen molar-refractivity contribution in [2.45, 2.75) is 217 Å². The molecule has 7 rings (SSSR count). The fourth-order valence-corrected chi connectivity index (χ4v) is 12.9. The van der Waals surface area contributed by atoms with Gasteiger partial charge in [0.1, 0.15) is 36.3 Å². The lowest BCUT2D eigenvalue weighted by Crippen LogP contribution is -2.67. The second-order valence-electron chi connectivity index (χ2n) is 19.9. The molecule has 15 heteroatoms. The second-order valence-corrected chi connectivity index (χ2v) is 19.9. The van der Waals surface area contributed by atoms with Crippen LogP contribution >= 0.6 is 0 Å². The van der Waals surface area contributed by atoms with Gasteiger partial charge in [0.05, 0.1) is 48.3 Å². The van der Waals surface area contributed by atoms with Gasteiger partial charge in [-0.15, -0.1) is 0 Å². The predicted octanol–water partition coefficient (Wildman–Crippen LogP) is 4.49. The van der Waals surface area contributed by atoms with E-state index in [4.69, 9.17) is 47.4 Å². The Morgan fingerprint density at radius 2 is 1.44 bits per heavy atom. The van der Waals surface area contributed by atoms with Crippen molar-refractivity contribution in [1.82, 2.24) is 0 Å². The zero-order chi connectivity index (χ0) is 45.1. The SMILES string of the molecule is C/C=C(\C)C(O)O[C@@H]1CC2C(CC=C3CC(OC4CC(OC)C(OC5CC(OC)C(OC6OC(C)C(O)C(OC)C6O)C(C)O5)C(C)O4)CC[C@@]32C)[C@@]2(O)CCC(C(C)=O)[C@@]12C. The van der Waals surface area contributed by atoms with Crippen LogP contribution in [0.5, 0.6) is 0 Å². The van der Waals surface area contributed by atoms with Gasteiger partial charge in [-0.25, -0.2) is 0 Å². The monoisotopic (exact) mass is 881 g/mol. The van der Waals surface area contributed by atoms with E-state index in [1.54, 1.807) is 28.1 Å². The van der Waals surface area contributed by atoms with Crippen LogP contribution in [-0.4, -0.2) is 152 Å². The van der Waals surface area contributed by atoms with Crippen LogP contribution in [0.2, 0.25) is 0 Å². The van der Waals surface area contributed by atoms with Gasteiger partial charge in [0.15, 0.2) is 25.2 Å². The number of ketones is 1. The molecule has 18 unspecified atom stereocenters. The first-order valence-corrected chi connectivity index (χ1v) is 23.1. The van der Waals surface area contributed by atoms with Gasteiger partial charge >= 0.3 is 0 Å². The number of hydrogen-bond acceptors (Lipinski definition) is 15. The smallest absolute Gasteiger partial charge is 0.187 e. The van der Waals surface area contributed by atoms with Crippen molar-refractivity contribution in [3.8, 4) is 0 Å². The molecule has 0 aromatic carbocycles. The number of methoxy groups -OCH3 is 3. The number of aliphatic hydroxyl groups excluding tert-OH is 3. The molecule has 0 radical (unpaired) electrons. The first-order valence-electron chi connectivity index (χ1n) is 23.1. The van der Waals surface area contributed by atoms with E-state index >= 15 is 0 Å². The van der Waals surface area contributed by atoms with E-state index in [1.165, 1.54) is 12.7 Å². The normalized spacial score (nSPS) is 50.2. The molecule has 22 atom stereocenters. The molecule has 3 aliphatic heterocycles. The summed E-state index contributed by atoms with van der Waals surface area (Å²) in [7, 11) is 4.69. The molecule has 3 saturated carbocycles. The first-order chi connectivity index (χ1) is 29.3. The third kappa shape index (κ3) is 8.57. The van der Waals surface area contributed by atoms with Crippen LogP contribution in [0.1, 0.15) is 113 Å². The quantitative estimate of drug-likeness (QED) is 0.150. The number of hydrogen-bond donors (Lipinski definition) is 4. The molecule has 6 fully saturated rings. The largest absolute Gasteiger partial charge is 0.389 e. The van der Waals surface area contributed by atoms with Crippen LogP contribution in [0, 0.1) is 28.6 Å². The molecule has 3 saturated heterocycles. The van der Waals surface area contributed by atoms with Gasteiger partial charge in [0, 0.05) is 45.5 Å². The standard InChI is InChI=1S/C47H76O15/c1-12-23(2)43(51)60-35-20-32-31(47(52)18-16-30(24(3)48)46(35,47)8)14-13-28-19-29(15-17-45(28,32)7)59-36-21-33(53-9)40(26(5)56-36)61-37-22-34(54-10)41(27(6)57-37)62-44-39(50)42(55-11)38(49)25(4)58-44/h12-13,25-27,29-44,49-52H,14-22H2,1-11H3/b23-12+/t25?,26?,27?,29?,30?,31?,32?,33?,34?,35-,36?,37?,38?,39?,40?,41?,42?,43?,44?,45+,46+,47+/m1/s1. The van der Waals surface area contributed by atoms with Crippen molar-refractivity contribution < 1.29 is 72.6 Å². The van der Waals surface area contributed by atoms with Crippen molar-refractivity contribution in [3.05, 3.63) is 23.3 Å². The maximum absolute atomic E-state index is 13.1. The summed E-state index contributed by atoms with van der Waals surface area (Å²) in [5.41, 5.74) is -0.0909. The van der Waals surface area contributed by atoms with Gasteiger partial charge in [-0.3, -0.25) is 4.79 Å². The van der Waals surface area contributed by atoms with Crippen LogP contribution in [0.15, 0.2) is 23.3 Å². The lowest BCUT2D eigenvalue weighted by molar-refractivity contribution is -0.352.